The molecule has 138 valence electrons. The van der Waals surface area contributed by atoms with E-state index in [2.05, 4.69) is 5.10 Å². The number of pyridine rings is 1. The van der Waals surface area contributed by atoms with Gasteiger partial charge >= 0.3 is 5.97 Å². The van der Waals surface area contributed by atoms with E-state index in [0.717, 1.165) is 36.2 Å². The van der Waals surface area contributed by atoms with Crippen LogP contribution in [0.4, 0.5) is 4.39 Å². The Labute approximate surface area is 154 Å². The third-order valence-corrected chi connectivity index (χ3v) is 4.76. The van der Waals surface area contributed by atoms with Gasteiger partial charge in [-0.05, 0) is 49.6 Å². The van der Waals surface area contributed by atoms with Crippen molar-refractivity contribution in [2.24, 2.45) is 7.05 Å². The first-order valence-electron chi connectivity index (χ1n) is 8.72. The normalized spacial score (nSPS) is 12.8. The van der Waals surface area contributed by atoms with Gasteiger partial charge in [0.1, 0.15) is 18.1 Å². The number of aromatic nitrogens is 3. The van der Waals surface area contributed by atoms with Gasteiger partial charge in [-0.15, -0.1) is 0 Å². The van der Waals surface area contributed by atoms with Crippen molar-refractivity contribution in [3.63, 3.8) is 0 Å². The molecule has 2 heterocycles. The molecule has 0 saturated heterocycles. The van der Waals surface area contributed by atoms with Crippen LogP contribution in [0.25, 0.3) is 5.69 Å². The van der Waals surface area contributed by atoms with Crippen LogP contribution in [0.2, 0.25) is 0 Å². The Morgan fingerprint density at radius 3 is 2.74 bits per heavy atom. The fourth-order valence-electron chi connectivity index (χ4n) is 3.32. The summed E-state index contributed by atoms with van der Waals surface area (Å²) in [5.41, 5.74) is 3.57. The zero-order valence-electron chi connectivity index (χ0n) is 14.8. The molecule has 0 fully saturated rings. The molecule has 0 bridgehead atoms. The highest BCUT2D eigenvalue weighted by atomic mass is 19.1. The van der Waals surface area contributed by atoms with Gasteiger partial charge in [0.15, 0.2) is 0 Å². The maximum atomic E-state index is 13.2. The molecule has 6 nitrogen and oxygen atoms in total. The van der Waals surface area contributed by atoms with E-state index >= 15 is 0 Å². The molecule has 0 spiro atoms. The van der Waals surface area contributed by atoms with Gasteiger partial charge in [-0.1, -0.05) is 0 Å². The Morgan fingerprint density at radius 1 is 1.22 bits per heavy atom. The lowest BCUT2D eigenvalue weighted by Crippen LogP contribution is -2.18. The van der Waals surface area contributed by atoms with Crippen molar-refractivity contribution < 1.29 is 13.9 Å². The molecular weight excluding hydrogens is 349 g/mol. The van der Waals surface area contributed by atoms with Crippen LogP contribution in [0.1, 0.15) is 33.7 Å². The van der Waals surface area contributed by atoms with E-state index in [9.17, 15) is 14.0 Å². The first-order valence-corrected chi connectivity index (χ1v) is 8.72. The standard InChI is InChI=1S/C20H18FN3O3/c1-23-10-9-13(11-19(23)25)20(26)27-12-17-16-3-2-4-18(16)24(22-17)15-7-5-14(21)6-8-15/h5-11H,2-4,12H2,1H3. The minimum absolute atomic E-state index is 0.0323. The van der Waals surface area contributed by atoms with Crippen molar-refractivity contribution in [2.45, 2.75) is 25.9 Å². The second kappa shape index (κ2) is 6.83. The van der Waals surface area contributed by atoms with Gasteiger partial charge in [-0.25, -0.2) is 13.9 Å². The summed E-state index contributed by atoms with van der Waals surface area (Å²) in [6.45, 7) is 0.0323. The van der Waals surface area contributed by atoms with Crippen LogP contribution in [-0.4, -0.2) is 20.3 Å². The maximum absolute atomic E-state index is 13.2. The number of halogens is 1. The molecule has 0 saturated carbocycles. The lowest BCUT2D eigenvalue weighted by Gasteiger charge is -2.06. The van der Waals surface area contributed by atoms with Gasteiger partial charge in [0.2, 0.25) is 0 Å². The van der Waals surface area contributed by atoms with Crippen molar-refractivity contribution in [3.05, 3.63) is 81.3 Å². The Bertz CT molecular complexity index is 1070. The molecule has 0 N–H and O–H groups in total. The van der Waals surface area contributed by atoms with E-state index < -0.39 is 5.97 Å². The van der Waals surface area contributed by atoms with E-state index in [0.29, 0.717) is 5.69 Å². The third kappa shape index (κ3) is 3.28. The minimum atomic E-state index is -0.559. The molecular formula is C20H18FN3O3. The molecule has 27 heavy (non-hydrogen) atoms. The second-order valence-corrected chi connectivity index (χ2v) is 6.55. The molecule has 7 heteroatoms. The highest BCUT2D eigenvalue weighted by Gasteiger charge is 2.24. The molecule has 0 atom stereocenters. The molecule has 1 aliphatic rings. The highest BCUT2D eigenvalue weighted by Crippen LogP contribution is 2.28. The number of hydrogen-bond acceptors (Lipinski definition) is 4. The van der Waals surface area contributed by atoms with E-state index in [1.54, 1.807) is 29.9 Å². The van der Waals surface area contributed by atoms with Gasteiger partial charge in [0, 0.05) is 30.6 Å². The summed E-state index contributed by atoms with van der Waals surface area (Å²) in [4.78, 5) is 23.9. The zero-order valence-corrected chi connectivity index (χ0v) is 14.8. The van der Waals surface area contributed by atoms with E-state index in [1.165, 1.54) is 29.0 Å². The fraction of sp³-hybridized carbons (Fsp3) is 0.250. The number of carbonyl (C=O) groups excluding carboxylic acids is 1. The summed E-state index contributed by atoms with van der Waals surface area (Å²) in [5, 5.41) is 4.58. The second-order valence-electron chi connectivity index (χ2n) is 6.55. The zero-order chi connectivity index (χ0) is 19.0. The van der Waals surface area contributed by atoms with Gasteiger partial charge < -0.3 is 9.30 Å². The monoisotopic (exact) mass is 367 g/mol. The van der Waals surface area contributed by atoms with Crippen molar-refractivity contribution in [1.29, 1.82) is 0 Å². The predicted molar refractivity (Wildman–Crippen MR) is 96.3 cm³/mol. The number of benzene rings is 1. The average Bonchev–Trinajstić information content (AvgIpc) is 3.26. The molecule has 0 aliphatic heterocycles. The van der Waals surface area contributed by atoms with Crippen molar-refractivity contribution in [1.82, 2.24) is 14.3 Å². The Morgan fingerprint density at radius 2 is 2.00 bits per heavy atom. The lowest BCUT2D eigenvalue weighted by atomic mass is 10.2. The van der Waals surface area contributed by atoms with Crippen molar-refractivity contribution in [3.8, 4) is 5.69 Å². The molecule has 0 unspecified atom stereocenters. The Kier molecular flexibility index (Phi) is 4.35. The van der Waals surface area contributed by atoms with Gasteiger partial charge in [-0.3, -0.25) is 4.79 Å². The van der Waals surface area contributed by atoms with E-state index in [1.807, 2.05) is 0 Å². The number of carbonyl (C=O) groups is 1. The van der Waals surface area contributed by atoms with Crippen LogP contribution in [0, 0.1) is 5.82 Å². The summed E-state index contributed by atoms with van der Waals surface area (Å²) in [5.74, 6) is -0.860. The van der Waals surface area contributed by atoms with Crippen LogP contribution in [0.3, 0.4) is 0 Å². The van der Waals surface area contributed by atoms with Crippen molar-refractivity contribution in [2.75, 3.05) is 0 Å². The summed E-state index contributed by atoms with van der Waals surface area (Å²) in [7, 11) is 1.61. The first-order chi connectivity index (χ1) is 13.0. The summed E-state index contributed by atoms with van der Waals surface area (Å²) < 4.78 is 21.8. The molecule has 1 aliphatic carbocycles. The largest absolute Gasteiger partial charge is 0.455 e. The fourth-order valence-corrected chi connectivity index (χ4v) is 3.32. The number of esters is 1. The topological polar surface area (TPSA) is 66.1 Å². The first kappa shape index (κ1) is 17.2. The number of aryl methyl sites for hydroxylation is 1. The smallest absolute Gasteiger partial charge is 0.338 e. The van der Waals surface area contributed by atoms with E-state index in [-0.39, 0.29) is 23.5 Å². The molecule has 1 aromatic carbocycles. The average molecular weight is 367 g/mol. The van der Waals surface area contributed by atoms with E-state index in [4.69, 9.17) is 4.74 Å². The van der Waals surface area contributed by atoms with Gasteiger partial charge in [0.05, 0.1) is 11.3 Å². The summed E-state index contributed by atoms with van der Waals surface area (Å²) in [6, 6.07) is 8.95. The molecule has 2 aromatic heterocycles. The minimum Gasteiger partial charge on any atom is -0.455 e. The SMILES string of the molecule is Cn1ccc(C(=O)OCc2nn(-c3ccc(F)cc3)c3c2CCC3)cc1=O. The number of ether oxygens (including phenoxy) is 1. The Hall–Kier alpha value is -3.22. The van der Waals surface area contributed by atoms with Crippen LogP contribution in [0.15, 0.2) is 47.4 Å². The summed E-state index contributed by atoms with van der Waals surface area (Å²) in [6.07, 6.45) is 4.28. The number of nitrogens with zero attached hydrogens (tertiary/aromatic N) is 3. The highest BCUT2D eigenvalue weighted by molar-refractivity contribution is 5.89. The molecule has 0 amide bonds. The quantitative estimate of drug-likeness (QED) is 0.665. The van der Waals surface area contributed by atoms with Crippen LogP contribution in [-0.2, 0) is 31.2 Å². The number of rotatable bonds is 4. The van der Waals surface area contributed by atoms with Crippen LogP contribution in [0.5, 0.6) is 0 Å². The summed E-state index contributed by atoms with van der Waals surface area (Å²) >= 11 is 0. The third-order valence-electron chi connectivity index (χ3n) is 4.76. The lowest BCUT2D eigenvalue weighted by molar-refractivity contribution is 0.0466. The Balaban J connectivity index is 1.57. The predicted octanol–water partition coefficient (Wildman–Crippen LogP) is 2.56. The molecule has 3 aromatic rings. The molecule has 0 radical (unpaired) electrons. The van der Waals surface area contributed by atoms with Crippen LogP contribution < -0.4 is 5.56 Å². The number of fused-ring (bicyclic) bond motifs is 1. The van der Waals surface area contributed by atoms with Gasteiger partial charge in [0.25, 0.3) is 5.56 Å². The maximum Gasteiger partial charge on any atom is 0.338 e. The van der Waals surface area contributed by atoms with Gasteiger partial charge in [-0.2, -0.15) is 5.10 Å². The molecule has 4 rings (SSSR count). The van der Waals surface area contributed by atoms with Crippen molar-refractivity contribution >= 4 is 5.97 Å². The van der Waals surface area contributed by atoms with Crippen LogP contribution >= 0.6 is 0 Å². The number of hydrogen-bond donors (Lipinski definition) is 0.